The average Bonchev–Trinajstić information content (AvgIpc) is 2.40. The summed E-state index contributed by atoms with van der Waals surface area (Å²) in [6, 6.07) is 9.29. The first-order chi connectivity index (χ1) is 8.63. The molecule has 6 heteroatoms. The van der Waals surface area contributed by atoms with E-state index in [1.54, 1.807) is 0 Å². The van der Waals surface area contributed by atoms with Gasteiger partial charge in [-0.25, -0.2) is 0 Å². The Morgan fingerprint density at radius 3 is 2.28 bits per heavy atom. The van der Waals surface area contributed by atoms with Crippen LogP contribution in [-0.4, -0.2) is 56.0 Å². The van der Waals surface area contributed by atoms with E-state index in [4.69, 9.17) is 5.11 Å². The Bertz CT molecular complexity index is 376. The highest BCUT2D eigenvalue weighted by Gasteiger charge is 2.42. The van der Waals surface area contributed by atoms with Crippen LogP contribution in [0.25, 0.3) is 0 Å². The summed E-state index contributed by atoms with van der Waals surface area (Å²) in [4.78, 5) is 0. The van der Waals surface area contributed by atoms with Crippen LogP contribution in [-0.2, 0) is 0 Å². The maximum Gasteiger partial charge on any atom is 0.112 e. The maximum atomic E-state index is 9.91. The van der Waals surface area contributed by atoms with Gasteiger partial charge in [-0.3, -0.25) is 0 Å². The summed E-state index contributed by atoms with van der Waals surface area (Å²) >= 11 is 1.23. The topological polar surface area (TPSA) is 93.0 Å². The number of anilines is 1. The molecule has 0 unspecified atom stereocenters. The van der Waals surface area contributed by atoms with Crippen molar-refractivity contribution >= 4 is 17.4 Å². The van der Waals surface area contributed by atoms with Gasteiger partial charge in [0, 0.05) is 5.69 Å². The third kappa shape index (κ3) is 2.78. The van der Waals surface area contributed by atoms with Crippen molar-refractivity contribution in [2.45, 2.75) is 28.9 Å². The van der Waals surface area contributed by atoms with Crippen molar-refractivity contribution in [3.8, 4) is 0 Å². The van der Waals surface area contributed by atoms with Gasteiger partial charge in [-0.1, -0.05) is 18.2 Å². The lowest BCUT2D eigenvalue weighted by Crippen LogP contribution is -2.56. The van der Waals surface area contributed by atoms with Gasteiger partial charge in [-0.05, 0) is 12.1 Å². The van der Waals surface area contributed by atoms with E-state index >= 15 is 0 Å². The SMILES string of the molecule is OC[C@H]1S[C@H](Nc2ccccc2)[C@H](O)[C@@H](O)[C@@H]1O. The molecule has 100 valence electrons. The van der Waals surface area contributed by atoms with E-state index in [0.29, 0.717) is 0 Å². The molecular weight excluding hydrogens is 254 g/mol. The Labute approximate surface area is 109 Å². The van der Waals surface area contributed by atoms with Crippen molar-refractivity contribution in [2.24, 2.45) is 0 Å². The quantitative estimate of drug-likeness (QED) is 0.514. The fourth-order valence-electron chi connectivity index (χ4n) is 1.92. The van der Waals surface area contributed by atoms with Crippen molar-refractivity contribution in [1.29, 1.82) is 0 Å². The van der Waals surface area contributed by atoms with E-state index in [1.165, 1.54) is 11.8 Å². The fourth-order valence-corrected chi connectivity index (χ4v) is 3.23. The molecule has 1 saturated heterocycles. The molecule has 1 aromatic rings. The predicted molar refractivity (Wildman–Crippen MR) is 70.3 cm³/mol. The number of benzene rings is 1. The van der Waals surface area contributed by atoms with Gasteiger partial charge in [-0.15, -0.1) is 11.8 Å². The summed E-state index contributed by atoms with van der Waals surface area (Å²) in [7, 11) is 0. The summed E-state index contributed by atoms with van der Waals surface area (Å²) in [5.41, 5.74) is 0.814. The van der Waals surface area contributed by atoms with E-state index in [1.807, 2.05) is 30.3 Å². The number of rotatable bonds is 3. The van der Waals surface area contributed by atoms with E-state index in [9.17, 15) is 15.3 Å². The number of aliphatic hydroxyl groups is 4. The molecule has 1 aliphatic heterocycles. The van der Waals surface area contributed by atoms with Gasteiger partial charge in [-0.2, -0.15) is 0 Å². The molecule has 1 aliphatic rings. The maximum absolute atomic E-state index is 9.91. The van der Waals surface area contributed by atoms with E-state index < -0.39 is 28.9 Å². The molecule has 1 heterocycles. The highest BCUT2D eigenvalue weighted by Crippen LogP contribution is 2.33. The van der Waals surface area contributed by atoms with Gasteiger partial charge in [0.05, 0.1) is 18.0 Å². The molecule has 1 aromatic carbocycles. The number of aliphatic hydroxyl groups excluding tert-OH is 4. The van der Waals surface area contributed by atoms with Crippen LogP contribution in [0.5, 0.6) is 0 Å². The van der Waals surface area contributed by atoms with Crippen molar-refractivity contribution in [3.63, 3.8) is 0 Å². The second-order valence-corrected chi connectivity index (χ2v) is 5.65. The van der Waals surface area contributed by atoms with Gasteiger partial charge in [0.15, 0.2) is 0 Å². The lowest BCUT2D eigenvalue weighted by Gasteiger charge is -2.39. The van der Waals surface area contributed by atoms with Gasteiger partial charge in [0.1, 0.15) is 17.6 Å². The first-order valence-corrected chi connectivity index (χ1v) is 6.70. The van der Waals surface area contributed by atoms with Crippen LogP contribution in [0.15, 0.2) is 30.3 Å². The largest absolute Gasteiger partial charge is 0.395 e. The van der Waals surface area contributed by atoms with Crippen molar-refractivity contribution < 1.29 is 20.4 Å². The highest BCUT2D eigenvalue weighted by atomic mass is 32.2. The van der Waals surface area contributed by atoms with Gasteiger partial charge in [0.2, 0.25) is 0 Å². The molecule has 5 nitrogen and oxygen atoms in total. The molecule has 5 N–H and O–H groups in total. The van der Waals surface area contributed by atoms with Crippen LogP contribution in [0.2, 0.25) is 0 Å². The molecule has 0 radical (unpaired) electrons. The van der Waals surface area contributed by atoms with Crippen LogP contribution in [0.1, 0.15) is 0 Å². The normalized spacial score (nSPS) is 36.3. The number of hydrogen-bond acceptors (Lipinski definition) is 6. The number of nitrogens with one attached hydrogen (secondary N) is 1. The molecule has 0 amide bonds. The Balaban J connectivity index is 2.08. The van der Waals surface area contributed by atoms with Crippen molar-refractivity contribution in [3.05, 3.63) is 30.3 Å². The van der Waals surface area contributed by atoms with E-state index in [0.717, 1.165) is 5.69 Å². The zero-order chi connectivity index (χ0) is 13.1. The standard InChI is InChI=1S/C12H17NO4S/c14-6-8-9(15)10(16)11(17)12(18-8)13-7-4-2-1-3-5-7/h1-5,8-17H,6H2/t8-,9-,10+,11-,12+/m1/s1. The number of hydrogen-bond donors (Lipinski definition) is 5. The first-order valence-electron chi connectivity index (χ1n) is 5.75. The minimum Gasteiger partial charge on any atom is -0.395 e. The first kappa shape index (κ1) is 13.6. The highest BCUT2D eigenvalue weighted by molar-refractivity contribution is 8.00. The second-order valence-electron chi connectivity index (χ2n) is 4.26. The van der Waals surface area contributed by atoms with Crippen LogP contribution >= 0.6 is 11.8 Å². The summed E-state index contributed by atoms with van der Waals surface area (Å²) in [5, 5.41) is 40.6. The van der Waals surface area contributed by atoms with E-state index in [-0.39, 0.29) is 6.61 Å². The third-order valence-electron chi connectivity index (χ3n) is 2.97. The molecule has 0 aromatic heterocycles. The molecule has 0 spiro atoms. The summed E-state index contributed by atoms with van der Waals surface area (Å²) in [6.07, 6.45) is -3.47. The lowest BCUT2D eigenvalue weighted by atomic mass is 10.0. The monoisotopic (exact) mass is 271 g/mol. The molecule has 1 fully saturated rings. The Morgan fingerprint density at radius 1 is 1.00 bits per heavy atom. The third-order valence-corrected chi connectivity index (χ3v) is 4.44. The van der Waals surface area contributed by atoms with Crippen molar-refractivity contribution in [1.82, 2.24) is 0 Å². The summed E-state index contributed by atoms with van der Waals surface area (Å²) in [6.45, 7) is -0.247. The van der Waals surface area contributed by atoms with Gasteiger partial charge in [0.25, 0.3) is 0 Å². The van der Waals surface area contributed by atoms with Crippen LogP contribution in [0, 0.1) is 0 Å². The zero-order valence-electron chi connectivity index (χ0n) is 9.68. The second kappa shape index (κ2) is 5.90. The molecule has 2 rings (SSSR count). The summed E-state index contributed by atoms with van der Waals surface area (Å²) in [5.74, 6) is 0. The zero-order valence-corrected chi connectivity index (χ0v) is 10.5. The Morgan fingerprint density at radius 2 is 1.67 bits per heavy atom. The average molecular weight is 271 g/mol. The molecule has 18 heavy (non-hydrogen) atoms. The minimum absolute atomic E-state index is 0.247. The van der Waals surface area contributed by atoms with Crippen molar-refractivity contribution in [2.75, 3.05) is 11.9 Å². The van der Waals surface area contributed by atoms with Crippen LogP contribution < -0.4 is 5.32 Å². The smallest absolute Gasteiger partial charge is 0.112 e. The van der Waals surface area contributed by atoms with Gasteiger partial charge >= 0.3 is 0 Å². The molecule has 0 aliphatic carbocycles. The Kier molecular flexibility index (Phi) is 4.47. The molecule has 5 atom stereocenters. The molecule has 0 saturated carbocycles. The number of para-hydroxylation sites is 1. The van der Waals surface area contributed by atoms with Gasteiger partial charge < -0.3 is 25.7 Å². The summed E-state index contributed by atoms with van der Waals surface area (Å²) < 4.78 is 0. The number of thioether (sulfide) groups is 1. The minimum atomic E-state index is -1.26. The van der Waals surface area contributed by atoms with Crippen LogP contribution in [0.4, 0.5) is 5.69 Å². The van der Waals surface area contributed by atoms with E-state index in [2.05, 4.69) is 5.32 Å². The Hall–Kier alpha value is -0.790. The predicted octanol–water partition coefficient (Wildman–Crippen LogP) is -0.385. The lowest BCUT2D eigenvalue weighted by molar-refractivity contribution is -0.0672. The molecular formula is C12H17NO4S. The molecule has 0 bridgehead atoms. The fraction of sp³-hybridized carbons (Fsp3) is 0.500. The van der Waals surface area contributed by atoms with Crippen LogP contribution in [0.3, 0.4) is 0 Å².